The number of aromatic nitrogens is 2. The van der Waals surface area contributed by atoms with Gasteiger partial charge in [0.1, 0.15) is 11.6 Å². The summed E-state index contributed by atoms with van der Waals surface area (Å²) in [5.41, 5.74) is 0.495. The molecule has 2 heterocycles. The SMILES string of the molecule is CC(Oc1ccccc1)C(=O)Nc1ccc(S(=O)(=O)N2CCN(c3cnccn3)CC2)cc1. The second-order valence-corrected chi connectivity index (χ2v) is 9.48. The molecule has 1 saturated heterocycles. The van der Waals surface area contributed by atoms with Crippen molar-refractivity contribution in [1.82, 2.24) is 14.3 Å². The van der Waals surface area contributed by atoms with Crippen LogP contribution in [0.5, 0.6) is 5.75 Å². The third kappa shape index (κ3) is 5.47. The number of carbonyl (C=O) groups is 1. The number of hydrogen-bond donors (Lipinski definition) is 1. The Balaban J connectivity index is 1.34. The van der Waals surface area contributed by atoms with E-state index in [0.717, 1.165) is 5.82 Å². The van der Waals surface area contributed by atoms with Crippen LogP contribution in [0.3, 0.4) is 0 Å². The lowest BCUT2D eigenvalue weighted by Crippen LogP contribution is -2.48. The van der Waals surface area contributed by atoms with Crippen molar-refractivity contribution in [3.8, 4) is 5.75 Å². The monoisotopic (exact) mass is 467 g/mol. The molecule has 1 aromatic heterocycles. The van der Waals surface area contributed by atoms with E-state index in [1.165, 1.54) is 16.4 Å². The van der Waals surface area contributed by atoms with Crippen LogP contribution in [-0.2, 0) is 14.8 Å². The lowest BCUT2D eigenvalue weighted by atomic mass is 10.3. The number of sulfonamides is 1. The van der Waals surface area contributed by atoms with Gasteiger partial charge in [-0.25, -0.2) is 13.4 Å². The lowest BCUT2D eigenvalue weighted by Gasteiger charge is -2.34. The smallest absolute Gasteiger partial charge is 0.265 e. The minimum absolute atomic E-state index is 0.182. The largest absolute Gasteiger partial charge is 0.481 e. The van der Waals surface area contributed by atoms with Crippen molar-refractivity contribution in [3.05, 3.63) is 73.2 Å². The first-order valence-electron chi connectivity index (χ1n) is 10.6. The minimum atomic E-state index is -3.64. The van der Waals surface area contributed by atoms with E-state index in [0.29, 0.717) is 37.6 Å². The Morgan fingerprint density at radius 1 is 1.00 bits per heavy atom. The average molecular weight is 468 g/mol. The van der Waals surface area contributed by atoms with E-state index in [2.05, 4.69) is 15.3 Å². The van der Waals surface area contributed by atoms with Gasteiger partial charge in [-0.15, -0.1) is 0 Å². The van der Waals surface area contributed by atoms with E-state index in [1.807, 2.05) is 23.1 Å². The number of anilines is 2. The zero-order chi connectivity index (χ0) is 23.3. The molecular formula is C23H25N5O4S. The fourth-order valence-electron chi connectivity index (χ4n) is 3.47. The van der Waals surface area contributed by atoms with Crippen LogP contribution in [0.25, 0.3) is 0 Å². The van der Waals surface area contributed by atoms with Crippen LogP contribution >= 0.6 is 0 Å². The molecule has 0 saturated carbocycles. The van der Waals surface area contributed by atoms with Crippen molar-refractivity contribution in [2.75, 3.05) is 36.4 Å². The molecule has 0 radical (unpaired) electrons. The fraction of sp³-hybridized carbons (Fsp3) is 0.261. The average Bonchev–Trinajstić information content (AvgIpc) is 2.85. The van der Waals surface area contributed by atoms with Gasteiger partial charge in [0, 0.05) is 44.3 Å². The maximum atomic E-state index is 13.0. The first-order valence-corrected chi connectivity index (χ1v) is 12.0. The zero-order valence-electron chi connectivity index (χ0n) is 18.2. The molecule has 1 atom stereocenters. The molecule has 2 aromatic carbocycles. The summed E-state index contributed by atoms with van der Waals surface area (Å²) in [7, 11) is -3.64. The molecule has 1 N–H and O–H groups in total. The summed E-state index contributed by atoms with van der Waals surface area (Å²) in [5.74, 6) is 1.01. The van der Waals surface area contributed by atoms with Gasteiger partial charge < -0.3 is 15.0 Å². The Labute approximate surface area is 193 Å². The van der Waals surface area contributed by atoms with Crippen LogP contribution in [0.1, 0.15) is 6.92 Å². The number of ether oxygens (including phenoxy) is 1. The molecule has 1 fully saturated rings. The molecule has 10 heteroatoms. The van der Waals surface area contributed by atoms with Gasteiger partial charge in [0.25, 0.3) is 5.91 Å². The highest BCUT2D eigenvalue weighted by Crippen LogP contribution is 2.21. The fourth-order valence-corrected chi connectivity index (χ4v) is 4.89. The molecule has 1 amide bonds. The summed E-state index contributed by atoms with van der Waals surface area (Å²) in [4.78, 5) is 22.9. The Morgan fingerprint density at radius 3 is 2.33 bits per heavy atom. The van der Waals surface area contributed by atoms with E-state index in [1.54, 1.807) is 49.8 Å². The Morgan fingerprint density at radius 2 is 1.70 bits per heavy atom. The Bertz CT molecular complexity index is 1170. The number of rotatable bonds is 7. The molecule has 1 unspecified atom stereocenters. The van der Waals surface area contributed by atoms with Gasteiger partial charge >= 0.3 is 0 Å². The van der Waals surface area contributed by atoms with E-state index in [9.17, 15) is 13.2 Å². The summed E-state index contributed by atoms with van der Waals surface area (Å²) in [6.45, 7) is 3.43. The second-order valence-electron chi connectivity index (χ2n) is 7.54. The second kappa shape index (κ2) is 9.97. The van der Waals surface area contributed by atoms with Gasteiger partial charge in [-0.05, 0) is 43.3 Å². The molecule has 0 aliphatic carbocycles. The van der Waals surface area contributed by atoms with Crippen molar-refractivity contribution in [1.29, 1.82) is 0 Å². The van der Waals surface area contributed by atoms with Gasteiger partial charge in [0.15, 0.2) is 6.10 Å². The highest BCUT2D eigenvalue weighted by molar-refractivity contribution is 7.89. The molecule has 0 spiro atoms. The topological polar surface area (TPSA) is 105 Å². The molecule has 0 bridgehead atoms. The van der Waals surface area contributed by atoms with Crippen molar-refractivity contribution in [3.63, 3.8) is 0 Å². The summed E-state index contributed by atoms with van der Waals surface area (Å²) in [5, 5.41) is 2.75. The molecule has 3 aromatic rings. The number of para-hydroxylation sites is 1. The van der Waals surface area contributed by atoms with Crippen LogP contribution in [-0.4, -0.2) is 60.9 Å². The van der Waals surface area contributed by atoms with Crippen molar-refractivity contribution >= 4 is 27.4 Å². The van der Waals surface area contributed by atoms with E-state index >= 15 is 0 Å². The molecule has 4 rings (SSSR count). The van der Waals surface area contributed by atoms with Crippen LogP contribution in [0.4, 0.5) is 11.5 Å². The highest BCUT2D eigenvalue weighted by atomic mass is 32.2. The normalized spacial score (nSPS) is 15.6. The molecule has 172 valence electrons. The van der Waals surface area contributed by atoms with Gasteiger partial charge in [-0.3, -0.25) is 9.78 Å². The van der Waals surface area contributed by atoms with Crippen molar-refractivity contribution in [2.45, 2.75) is 17.9 Å². The number of amides is 1. The summed E-state index contributed by atoms with van der Waals surface area (Å²) in [6, 6.07) is 15.2. The number of piperazine rings is 1. The highest BCUT2D eigenvalue weighted by Gasteiger charge is 2.29. The van der Waals surface area contributed by atoms with E-state index in [-0.39, 0.29) is 10.8 Å². The minimum Gasteiger partial charge on any atom is -0.481 e. The first kappa shape index (κ1) is 22.7. The standard InChI is InChI=1S/C23H25N5O4S/c1-18(32-20-5-3-2-4-6-20)23(29)26-19-7-9-21(10-8-19)33(30,31)28-15-13-27(14-16-28)22-17-24-11-12-25-22/h2-12,17-18H,13-16H2,1H3,(H,26,29). The Kier molecular flexibility index (Phi) is 6.85. The van der Waals surface area contributed by atoms with Gasteiger partial charge in [-0.2, -0.15) is 4.31 Å². The number of benzene rings is 2. The maximum Gasteiger partial charge on any atom is 0.265 e. The predicted octanol–water partition coefficient (Wildman–Crippen LogP) is 2.39. The summed E-state index contributed by atoms with van der Waals surface area (Å²) in [6.07, 6.45) is 4.19. The van der Waals surface area contributed by atoms with Crippen molar-refractivity contribution < 1.29 is 17.9 Å². The molecule has 9 nitrogen and oxygen atoms in total. The number of nitrogens with zero attached hydrogens (tertiary/aromatic N) is 4. The quantitative estimate of drug-likeness (QED) is 0.569. The molecule has 1 aliphatic heterocycles. The van der Waals surface area contributed by atoms with Gasteiger partial charge in [-0.1, -0.05) is 18.2 Å². The number of carbonyl (C=O) groups excluding carboxylic acids is 1. The maximum absolute atomic E-state index is 13.0. The van der Waals surface area contributed by atoms with Crippen LogP contribution in [0.2, 0.25) is 0 Å². The Hall–Kier alpha value is -3.50. The van der Waals surface area contributed by atoms with E-state index in [4.69, 9.17) is 4.74 Å². The summed E-state index contributed by atoms with van der Waals surface area (Å²) < 4.78 is 33.2. The number of nitrogens with one attached hydrogen (secondary N) is 1. The molecular weight excluding hydrogens is 442 g/mol. The van der Waals surface area contributed by atoms with E-state index < -0.39 is 16.1 Å². The van der Waals surface area contributed by atoms with Crippen LogP contribution in [0.15, 0.2) is 78.1 Å². The summed E-state index contributed by atoms with van der Waals surface area (Å²) >= 11 is 0. The lowest BCUT2D eigenvalue weighted by molar-refractivity contribution is -0.122. The van der Waals surface area contributed by atoms with Crippen LogP contribution < -0.4 is 15.0 Å². The number of hydrogen-bond acceptors (Lipinski definition) is 7. The third-order valence-electron chi connectivity index (χ3n) is 5.30. The molecule has 1 aliphatic rings. The van der Waals surface area contributed by atoms with Gasteiger partial charge in [0.05, 0.1) is 11.1 Å². The van der Waals surface area contributed by atoms with Crippen LogP contribution in [0, 0.1) is 0 Å². The predicted molar refractivity (Wildman–Crippen MR) is 125 cm³/mol. The van der Waals surface area contributed by atoms with Gasteiger partial charge in [0.2, 0.25) is 10.0 Å². The molecule has 33 heavy (non-hydrogen) atoms. The third-order valence-corrected chi connectivity index (χ3v) is 7.21. The zero-order valence-corrected chi connectivity index (χ0v) is 19.0. The van der Waals surface area contributed by atoms with Crippen molar-refractivity contribution in [2.24, 2.45) is 0 Å². The first-order chi connectivity index (χ1) is 15.9.